The van der Waals surface area contributed by atoms with Crippen LogP contribution < -0.4 is 10.1 Å². The molecule has 6 nitrogen and oxygen atoms in total. The van der Waals surface area contributed by atoms with Crippen molar-refractivity contribution in [3.05, 3.63) is 23.2 Å². The number of hydrogen-bond acceptors (Lipinski definition) is 4. The molecule has 1 fully saturated rings. The van der Waals surface area contributed by atoms with Crippen LogP contribution in [0.25, 0.3) is 0 Å². The quantitative estimate of drug-likeness (QED) is 0.812. The second kappa shape index (κ2) is 8.96. The van der Waals surface area contributed by atoms with E-state index in [0.29, 0.717) is 48.9 Å². The number of carboxylic acid groups (broad SMARTS) is 1. The first-order valence-electron chi connectivity index (χ1n) is 7.08. The van der Waals surface area contributed by atoms with Gasteiger partial charge in [-0.1, -0.05) is 11.6 Å². The molecule has 0 radical (unpaired) electrons. The summed E-state index contributed by atoms with van der Waals surface area (Å²) in [4.78, 5) is 24.9. The number of nitrogens with zero attached hydrogens (tertiary/aromatic N) is 1. The van der Waals surface area contributed by atoms with Crippen molar-refractivity contribution < 1.29 is 19.4 Å². The van der Waals surface area contributed by atoms with E-state index in [4.69, 9.17) is 21.4 Å². The monoisotopic (exact) mass is 362 g/mol. The lowest BCUT2D eigenvalue weighted by Gasteiger charge is -2.15. The fourth-order valence-electron chi connectivity index (χ4n) is 2.49. The molecule has 0 aromatic heterocycles. The number of carboxylic acids is 1. The third-order valence-corrected chi connectivity index (χ3v) is 3.95. The first-order valence-corrected chi connectivity index (χ1v) is 7.46. The molecule has 2 rings (SSSR count). The predicted molar refractivity (Wildman–Crippen MR) is 90.7 cm³/mol. The number of carbonyl (C=O) groups excluding carboxylic acids is 1. The molecule has 1 unspecified atom stereocenters. The zero-order chi connectivity index (χ0) is 16.1. The molecule has 1 atom stereocenters. The van der Waals surface area contributed by atoms with Gasteiger partial charge in [-0.15, -0.1) is 12.4 Å². The molecule has 23 heavy (non-hydrogen) atoms. The van der Waals surface area contributed by atoms with Gasteiger partial charge in [0.25, 0.3) is 0 Å². The van der Waals surface area contributed by atoms with Crippen LogP contribution in [0.1, 0.15) is 12.8 Å². The lowest BCUT2D eigenvalue weighted by molar-refractivity contribution is -0.141. The van der Waals surface area contributed by atoms with Crippen molar-refractivity contribution in [1.29, 1.82) is 0 Å². The van der Waals surface area contributed by atoms with E-state index in [-0.39, 0.29) is 24.2 Å². The number of amides is 1. The third-order valence-electron chi connectivity index (χ3n) is 3.71. The van der Waals surface area contributed by atoms with Gasteiger partial charge in [-0.05, 0) is 31.2 Å². The molecule has 2 N–H and O–H groups in total. The Morgan fingerprint density at radius 2 is 2.22 bits per heavy atom. The standard InChI is InChI=1S/C15H19ClN2O4.ClH/c1-22-13-3-2-11(16)8-12(13)17-14(19)5-7-18-6-4-10(9-18)15(20)21;/h2-3,8,10H,4-7,9H2,1H3,(H,17,19)(H,20,21);1H. The van der Waals surface area contributed by atoms with Crippen LogP contribution in [-0.4, -0.2) is 48.6 Å². The summed E-state index contributed by atoms with van der Waals surface area (Å²) in [6, 6.07) is 5.01. The zero-order valence-corrected chi connectivity index (χ0v) is 14.3. The Balaban J connectivity index is 0.00000264. The Morgan fingerprint density at radius 1 is 1.48 bits per heavy atom. The number of aliphatic carboxylic acids is 1. The van der Waals surface area contributed by atoms with E-state index in [2.05, 4.69) is 5.32 Å². The fourth-order valence-corrected chi connectivity index (χ4v) is 2.66. The smallest absolute Gasteiger partial charge is 0.307 e. The topological polar surface area (TPSA) is 78.9 Å². The molecule has 1 saturated heterocycles. The number of hydrogen-bond donors (Lipinski definition) is 2. The van der Waals surface area contributed by atoms with E-state index >= 15 is 0 Å². The molecular formula is C15H20Cl2N2O4. The third kappa shape index (κ3) is 5.57. The van der Waals surface area contributed by atoms with E-state index in [1.54, 1.807) is 18.2 Å². The maximum Gasteiger partial charge on any atom is 0.307 e. The molecule has 0 aliphatic carbocycles. The number of likely N-dealkylation sites (tertiary alicyclic amines) is 1. The summed E-state index contributed by atoms with van der Waals surface area (Å²) in [5.74, 6) is -0.698. The van der Waals surface area contributed by atoms with Crippen LogP contribution in [-0.2, 0) is 9.59 Å². The van der Waals surface area contributed by atoms with E-state index in [1.165, 1.54) is 7.11 Å². The van der Waals surface area contributed by atoms with E-state index in [0.717, 1.165) is 0 Å². The molecule has 0 saturated carbocycles. The number of anilines is 1. The van der Waals surface area contributed by atoms with Crippen molar-refractivity contribution >= 4 is 41.6 Å². The number of benzene rings is 1. The van der Waals surface area contributed by atoms with Gasteiger partial charge in [0, 0.05) is 24.5 Å². The molecular weight excluding hydrogens is 343 g/mol. The summed E-state index contributed by atoms with van der Waals surface area (Å²) in [5.41, 5.74) is 0.532. The highest BCUT2D eigenvalue weighted by atomic mass is 35.5. The van der Waals surface area contributed by atoms with Crippen LogP contribution in [0, 0.1) is 5.92 Å². The summed E-state index contributed by atoms with van der Waals surface area (Å²) in [6.45, 7) is 1.76. The largest absolute Gasteiger partial charge is 0.495 e. The van der Waals surface area contributed by atoms with Gasteiger partial charge in [0.1, 0.15) is 5.75 Å². The summed E-state index contributed by atoms with van der Waals surface area (Å²) in [7, 11) is 1.52. The maximum absolute atomic E-state index is 12.0. The number of halogens is 2. The lowest BCUT2D eigenvalue weighted by atomic mass is 10.1. The van der Waals surface area contributed by atoms with Crippen molar-refractivity contribution in [2.45, 2.75) is 12.8 Å². The molecule has 1 heterocycles. The van der Waals surface area contributed by atoms with E-state index in [9.17, 15) is 9.59 Å². The minimum absolute atomic E-state index is 0. The van der Waals surface area contributed by atoms with E-state index in [1.807, 2.05) is 4.90 Å². The Hall–Kier alpha value is -1.50. The van der Waals surface area contributed by atoms with Gasteiger partial charge in [0.15, 0.2) is 0 Å². The first kappa shape index (κ1) is 19.5. The lowest BCUT2D eigenvalue weighted by Crippen LogP contribution is -2.27. The van der Waals surface area contributed by atoms with Crippen molar-refractivity contribution in [2.75, 3.05) is 32.1 Å². The Morgan fingerprint density at radius 3 is 2.83 bits per heavy atom. The SMILES string of the molecule is COc1ccc(Cl)cc1NC(=O)CCN1CCC(C(=O)O)C1.Cl. The van der Waals surface area contributed by atoms with Crippen LogP contribution >= 0.6 is 24.0 Å². The summed E-state index contributed by atoms with van der Waals surface area (Å²) in [6.07, 6.45) is 0.932. The Labute approximate surface area is 146 Å². The van der Waals surface area contributed by atoms with Crippen molar-refractivity contribution in [3.63, 3.8) is 0 Å². The predicted octanol–water partition coefficient (Wildman–Crippen LogP) is 2.51. The highest BCUT2D eigenvalue weighted by Crippen LogP contribution is 2.27. The first-order chi connectivity index (χ1) is 10.5. The number of methoxy groups -OCH3 is 1. The minimum atomic E-state index is -0.768. The summed E-state index contributed by atoms with van der Waals surface area (Å²) in [5, 5.41) is 12.2. The van der Waals surface area contributed by atoms with Gasteiger partial charge >= 0.3 is 5.97 Å². The maximum atomic E-state index is 12.0. The average Bonchev–Trinajstić information content (AvgIpc) is 2.94. The second-order valence-electron chi connectivity index (χ2n) is 5.27. The van der Waals surface area contributed by atoms with Crippen LogP contribution in [0.2, 0.25) is 5.02 Å². The molecule has 128 valence electrons. The van der Waals surface area contributed by atoms with Crippen molar-refractivity contribution in [1.82, 2.24) is 4.90 Å². The van der Waals surface area contributed by atoms with Gasteiger partial charge < -0.3 is 20.1 Å². The fraction of sp³-hybridized carbons (Fsp3) is 0.467. The van der Waals surface area contributed by atoms with Crippen LogP contribution in [0.15, 0.2) is 18.2 Å². The molecule has 1 aliphatic rings. The highest BCUT2D eigenvalue weighted by molar-refractivity contribution is 6.31. The Kier molecular flexibility index (Phi) is 7.61. The molecule has 8 heteroatoms. The summed E-state index contributed by atoms with van der Waals surface area (Å²) < 4.78 is 5.17. The van der Waals surface area contributed by atoms with Gasteiger partial charge in [-0.3, -0.25) is 9.59 Å². The molecule has 0 spiro atoms. The molecule has 1 aliphatic heterocycles. The zero-order valence-electron chi connectivity index (χ0n) is 12.8. The Bertz CT molecular complexity index is 568. The number of ether oxygens (including phenoxy) is 1. The van der Waals surface area contributed by atoms with Gasteiger partial charge in [0.05, 0.1) is 18.7 Å². The van der Waals surface area contributed by atoms with Crippen LogP contribution in [0.5, 0.6) is 5.75 Å². The van der Waals surface area contributed by atoms with Crippen molar-refractivity contribution in [3.8, 4) is 5.75 Å². The average molecular weight is 363 g/mol. The summed E-state index contributed by atoms with van der Waals surface area (Å²) >= 11 is 5.91. The van der Waals surface area contributed by atoms with Gasteiger partial charge in [-0.2, -0.15) is 0 Å². The molecule has 1 amide bonds. The molecule has 0 bridgehead atoms. The minimum Gasteiger partial charge on any atom is -0.495 e. The molecule has 1 aromatic rings. The number of nitrogens with one attached hydrogen (secondary N) is 1. The van der Waals surface area contributed by atoms with Crippen LogP contribution in [0.3, 0.4) is 0 Å². The highest BCUT2D eigenvalue weighted by Gasteiger charge is 2.27. The van der Waals surface area contributed by atoms with Crippen LogP contribution in [0.4, 0.5) is 5.69 Å². The number of carbonyl (C=O) groups is 2. The van der Waals surface area contributed by atoms with Gasteiger partial charge in [0.2, 0.25) is 5.91 Å². The normalized spacial score (nSPS) is 17.4. The van der Waals surface area contributed by atoms with Crippen molar-refractivity contribution in [2.24, 2.45) is 5.92 Å². The van der Waals surface area contributed by atoms with Gasteiger partial charge in [-0.25, -0.2) is 0 Å². The second-order valence-corrected chi connectivity index (χ2v) is 5.70. The van der Waals surface area contributed by atoms with E-state index < -0.39 is 5.97 Å². The number of rotatable bonds is 6. The molecule has 1 aromatic carbocycles.